The third kappa shape index (κ3) is 6.78. The van der Waals surface area contributed by atoms with Crippen molar-refractivity contribution in [3.63, 3.8) is 0 Å². The molecule has 10 nitrogen and oxygen atoms in total. The highest BCUT2D eigenvalue weighted by molar-refractivity contribution is 6.01. The summed E-state index contributed by atoms with van der Waals surface area (Å²) < 4.78 is 1.49. The van der Waals surface area contributed by atoms with Crippen LogP contribution in [-0.4, -0.2) is 71.5 Å². The van der Waals surface area contributed by atoms with Crippen LogP contribution in [0.3, 0.4) is 0 Å². The summed E-state index contributed by atoms with van der Waals surface area (Å²) in [5.74, 6) is -0.0708. The lowest BCUT2D eigenvalue weighted by Crippen LogP contribution is -2.46. The van der Waals surface area contributed by atoms with E-state index in [9.17, 15) is 30.0 Å². The van der Waals surface area contributed by atoms with E-state index in [2.05, 4.69) is 10.3 Å². The van der Waals surface area contributed by atoms with Gasteiger partial charge in [0.1, 0.15) is 29.8 Å². The summed E-state index contributed by atoms with van der Waals surface area (Å²) in [6, 6.07) is 14.9. The number of hydrogen-bond donors (Lipinski definition) is 4. The maximum absolute atomic E-state index is 13.6. The Bertz CT molecular complexity index is 1410. The Morgan fingerprint density at radius 1 is 0.881 bits per heavy atom. The van der Waals surface area contributed by atoms with Crippen molar-refractivity contribution in [2.45, 2.75) is 91.4 Å². The average Bonchev–Trinajstić information content (AvgIpc) is 3.34. The molecule has 1 aliphatic heterocycles. The van der Waals surface area contributed by atoms with Gasteiger partial charge in [-0.15, -0.1) is 5.10 Å². The van der Waals surface area contributed by atoms with Crippen LogP contribution in [0.2, 0.25) is 0 Å². The molecule has 1 aromatic heterocycles. The average molecular weight is 579 g/mol. The fourth-order valence-corrected chi connectivity index (χ4v) is 5.26. The number of carbonyl (C=O) groups is 2. The fraction of sp³-hybridized carbons (Fsp3) is 0.500. The summed E-state index contributed by atoms with van der Waals surface area (Å²) >= 11 is 0. The largest absolute Gasteiger partial charge is 0.390 e. The minimum Gasteiger partial charge on any atom is -0.390 e. The molecule has 3 aromatic rings. The molecule has 10 heteroatoms. The molecule has 0 saturated carbocycles. The summed E-state index contributed by atoms with van der Waals surface area (Å²) in [5, 5.41) is 51.1. The number of amides is 1. The van der Waals surface area contributed by atoms with Crippen LogP contribution in [0.15, 0.2) is 48.5 Å². The van der Waals surface area contributed by atoms with Gasteiger partial charge in [0, 0.05) is 29.4 Å². The number of Topliss-reactive ketones (excluding diaryl/α,β-unsaturated/α-hetero) is 1. The van der Waals surface area contributed by atoms with Crippen LogP contribution in [0.5, 0.6) is 0 Å². The minimum absolute atomic E-state index is 0.0180. The van der Waals surface area contributed by atoms with Crippen molar-refractivity contribution in [2.24, 2.45) is 11.3 Å². The second-order valence-corrected chi connectivity index (χ2v) is 12.5. The topological polar surface area (TPSA) is 149 Å². The van der Waals surface area contributed by atoms with Crippen molar-refractivity contribution < 1.29 is 30.0 Å². The van der Waals surface area contributed by atoms with Gasteiger partial charge in [0.15, 0.2) is 0 Å². The predicted molar refractivity (Wildman–Crippen MR) is 159 cm³/mol. The van der Waals surface area contributed by atoms with Gasteiger partial charge >= 0.3 is 0 Å². The first kappa shape index (κ1) is 31.5. The first-order chi connectivity index (χ1) is 19.8. The molecular formula is C32H42N4O6. The lowest BCUT2D eigenvalue weighted by atomic mass is 9.88. The van der Waals surface area contributed by atoms with Gasteiger partial charge in [0.25, 0.3) is 0 Å². The molecule has 1 aliphatic rings. The summed E-state index contributed by atoms with van der Waals surface area (Å²) in [6.45, 7) is 9.36. The molecule has 226 valence electrons. The van der Waals surface area contributed by atoms with Gasteiger partial charge in [-0.1, -0.05) is 82.3 Å². The standard InChI is InChI=1S/C32H42N4O6/c1-19(2)16-24(37)30(41)31(42)25(38)18-36-29-21-11-7-6-10-20(21)17-35(27(40)15-14-26(39)32(3,4)5)23-13-9-8-12-22(23)28(29)33-34-36/h6-13,19,24-25,30-31,37-38,41-42H,14-18H2,1-5H3. The monoisotopic (exact) mass is 578 g/mol. The Labute approximate surface area is 246 Å². The van der Waals surface area contributed by atoms with Crippen LogP contribution in [0.25, 0.3) is 22.5 Å². The maximum atomic E-state index is 13.6. The van der Waals surface area contributed by atoms with Crippen LogP contribution >= 0.6 is 0 Å². The molecule has 1 amide bonds. The number of fused-ring (bicyclic) bond motifs is 5. The number of para-hydroxylation sites is 1. The Hall–Kier alpha value is -3.44. The second-order valence-electron chi connectivity index (χ2n) is 12.5. The third-order valence-corrected chi connectivity index (χ3v) is 7.70. The zero-order valence-electron chi connectivity index (χ0n) is 24.9. The van der Waals surface area contributed by atoms with Crippen molar-refractivity contribution >= 4 is 17.4 Å². The summed E-state index contributed by atoms with van der Waals surface area (Å²) in [6.07, 6.45) is -5.31. The van der Waals surface area contributed by atoms with Crippen molar-refractivity contribution in [3.8, 4) is 22.5 Å². The van der Waals surface area contributed by atoms with E-state index in [-0.39, 0.29) is 50.0 Å². The number of benzene rings is 2. The highest BCUT2D eigenvalue weighted by Crippen LogP contribution is 2.41. The minimum atomic E-state index is -1.61. The fourth-order valence-electron chi connectivity index (χ4n) is 5.26. The number of aliphatic hydroxyl groups excluding tert-OH is 4. The van der Waals surface area contributed by atoms with Crippen molar-refractivity contribution in [1.82, 2.24) is 15.0 Å². The van der Waals surface area contributed by atoms with Crippen LogP contribution in [-0.2, 0) is 22.7 Å². The SMILES string of the molecule is CC(C)CC(O)C(O)C(O)C(O)Cn1nnc2c1-c1ccccc1CN(C(=O)CCC(=O)C(C)(C)C)c1ccccc1-2. The van der Waals surface area contributed by atoms with Gasteiger partial charge < -0.3 is 25.3 Å². The van der Waals surface area contributed by atoms with Gasteiger partial charge in [-0.2, -0.15) is 0 Å². The lowest BCUT2D eigenvalue weighted by molar-refractivity contribution is -0.129. The lowest BCUT2D eigenvalue weighted by Gasteiger charge is -2.29. The molecule has 4 atom stereocenters. The second kappa shape index (κ2) is 12.8. The van der Waals surface area contributed by atoms with Crippen molar-refractivity contribution in [1.29, 1.82) is 0 Å². The van der Waals surface area contributed by atoms with E-state index in [0.29, 0.717) is 22.6 Å². The zero-order chi connectivity index (χ0) is 30.8. The Morgan fingerprint density at radius 3 is 2.17 bits per heavy atom. The molecule has 0 radical (unpaired) electrons. The Balaban J connectivity index is 1.71. The molecule has 4 N–H and O–H groups in total. The van der Waals surface area contributed by atoms with E-state index < -0.39 is 29.8 Å². The first-order valence-electron chi connectivity index (χ1n) is 14.5. The van der Waals surface area contributed by atoms with Crippen molar-refractivity contribution in [3.05, 3.63) is 54.1 Å². The van der Waals surface area contributed by atoms with Crippen LogP contribution in [0.4, 0.5) is 5.69 Å². The molecule has 0 spiro atoms. The van der Waals surface area contributed by atoms with Crippen LogP contribution < -0.4 is 4.90 Å². The summed E-state index contributed by atoms with van der Waals surface area (Å²) in [5.41, 5.74) is 3.40. The molecule has 4 unspecified atom stereocenters. The van der Waals surface area contributed by atoms with Gasteiger partial charge in [0.2, 0.25) is 5.91 Å². The van der Waals surface area contributed by atoms with Gasteiger partial charge in [-0.25, -0.2) is 4.68 Å². The van der Waals surface area contributed by atoms with Gasteiger partial charge in [-0.3, -0.25) is 9.59 Å². The molecule has 0 fully saturated rings. The number of hydrogen-bond acceptors (Lipinski definition) is 8. The Morgan fingerprint density at radius 2 is 1.50 bits per heavy atom. The number of nitrogens with zero attached hydrogens (tertiary/aromatic N) is 4. The molecular weight excluding hydrogens is 536 g/mol. The number of ketones is 1. The number of aliphatic hydroxyl groups is 4. The van der Waals surface area contributed by atoms with Crippen molar-refractivity contribution in [2.75, 3.05) is 4.90 Å². The molecule has 2 aromatic carbocycles. The molecule has 0 saturated heterocycles. The summed E-state index contributed by atoms with van der Waals surface area (Å²) in [7, 11) is 0. The van der Waals surface area contributed by atoms with E-state index in [0.717, 1.165) is 11.1 Å². The van der Waals surface area contributed by atoms with Crippen LogP contribution in [0.1, 0.15) is 59.4 Å². The molecule has 2 heterocycles. The number of rotatable bonds is 10. The number of anilines is 1. The molecule has 4 rings (SSSR count). The first-order valence-corrected chi connectivity index (χ1v) is 14.5. The number of carbonyl (C=O) groups excluding carboxylic acids is 2. The molecule has 0 aliphatic carbocycles. The Kier molecular flexibility index (Phi) is 9.62. The quantitative estimate of drug-likeness (QED) is 0.286. The third-order valence-electron chi connectivity index (χ3n) is 7.70. The van der Waals surface area contributed by atoms with Crippen LogP contribution in [0, 0.1) is 11.3 Å². The number of aromatic nitrogens is 3. The normalized spacial score (nSPS) is 16.0. The van der Waals surface area contributed by atoms with E-state index in [1.54, 1.807) is 4.90 Å². The summed E-state index contributed by atoms with van der Waals surface area (Å²) in [4.78, 5) is 27.9. The highest BCUT2D eigenvalue weighted by atomic mass is 16.4. The van der Waals surface area contributed by atoms with E-state index in [4.69, 9.17) is 0 Å². The predicted octanol–water partition coefficient (Wildman–Crippen LogP) is 3.34. The zero-order valence-corrected chi connectivity index (χ0v) is 24.9. The van der Waals surface area contributed by atoms with E-state index in [1.807, 2.05) is 83.1 Å². The smallest absolute Gasteiger partial charge is 0.227 e. The van der Waals surface area contributed by atoms with E-state index in [1.165, 1.54) is 4.68 Å². The highest BCUT2D eigenvalue weighted by Gasteiger charge is 2.34. The maximum Gasteiger partial charge on any atom is 0.227 e. The van der Waals surface area contributed by atoms with Gasteiger partial charge in [0.05, 0.1) is 30.6 Å². The van der Waals surface area contributed by atoms with E-state index >= 15 is 0 Å². The molecule has 42 heavy (non-hydrogen) atoms. The van der Waals surface area contributed by atoms with Gasteiger partial charge in [-0.05, 0) is 24.0 Å². The molecule has 0 bridgehead atoms.